The van der Waals surface area contributed by atoms with Gasteiger partial charge < -0.3 is 29.3 Å². The Hall–Kier alpha value is -3.02. The Bertz CT molecular complexity index is 1340. The van der Waals surface area contributed by atoms with Crippen molar-refractivity contribution in [3.05, 3.63) is 61.2 Å². The van der Waals surface area contributed by atoms with Crippen molar-refractivity contribution in [2.75, 3.05) is 33.3 Å². The summed E-state index contributed by atoms with van der Waals surface area (Å²) in [5.41, 5.74) is -0.467. The summed E-state index contributed by atoms with van der Waals surface area (Å²) in [4.78, 5) is 61.5. The number of carbonyl (C=O) groups is 4. The second-order valence-corrected chi connectivity index (χ2v) is 15.1. The summed E-state index contributed by atoms with van der Waals surface area (Å²) >= 11 is 3.77. The van der Waals surface area contributed by atoms with Crippen LogP contribution in [0.5, 0.6) is 0 Å². The maximum atomic E-state index is 14.6. The van der Waals surface area contributed by atoms with Crippen molar-refractivity contribution in [2.45, 2.75) is 113 Å². The van der Waals surface area contributed by atoms with Gasteiger partial charge in [0.1, 0.15) is 17.7 Å². The highest BCUT2D eigenvalue weighted by molar-refractivity contribution is 9.09. The van der Waals surface area contributed by atoms with Gasteiger partial charge in [0.25, 0.3) is 0 Å². The maximum absolute atomic E-state index is 14.6. The number of aliphatic hydroxyl groups is 1. The van der Waals surface area contributed by atoms with Crippen LogP contribution in [-0.2, 0) is 28.7 Å². The van der Waals surface area contributed by atoms with E-state index < -0.39 is 47.7 Å². The van der Waals surface area contributed by atoms with Crippen LogP contribution in [0.2, 0.25) is 0 Å². The van der Waals surface area contributed by atoms with E-state index in [1.54, 1.807) is 33.9 Å². The first-order chi connectivity index (χ1) is 24.1. The summed E-state index contributed by atoms with van der Waals surface area (Å²) in [5.74, 6) is -2.95. The van der Waals surface area contributed by atoms with Crippen LogP contribution < -0.4 is 0 Å². The average molecular weight is 759 g/mol. The number of carbonyl (C=O) groups excluding carboxylic acids is 4. The third kappa shape index (κ3) is 8.37. The molecule has 10 nitrogen and oxygen atoms in total. The van der Waals surface area contributed by atoms with Gasteiger partial charge in [-0.15, -0.1) is 13.2 Å². The van der Waals surface area contributed by atoms with Gasteiger partial charge in [0, 0.05) is 44.5 Å². The number of likely N-dealkylation sites (tertiary alicyclic amines) is 1. The minimum absolute atomic E-state index is 0.0953. The molecule has 3 saturated heterocycles. The lowest BCUT2D eigenvalue weighted by Crippen LogP contribution is -2.57. The predicted octanol–water partition coefficient (Wildman–Crippen LogP) is 5.59. The number of benzene rings is 1. The van der Waals surface area contributed by atoms with Gasteiger partial charge in [0.2, 0.25) is 17.7 Å². The highest BCUT2D eigenvalue weighted by Crippen LogP contribution is 2.60. The molecule has 50 heavy (non-hydrogen) atoms. The minimum atomic E-state index is -1.20. The fraction of sp³-hybridized carbons (Fsp3) is 0.641. The number of alkyl halides is 1. The molecule has 0 saturated carbocycles. The van der Waals surface area contributed by atoms with Crippen molar-refractivity contribution < 1.29 is 33.8 Å². The topological polar surface area (TPSA) is 117 Å². The standard InChI is InChI=1S/C39H56BrN3O7/c1-6-9-16-23-42(22-8-3)37(47)35-39-26-29(40)34(50-39)31(32(39)36(46)43(35)24-17-11-12-18-25-44)38(48)49-33(28-19-14-13-15-20-28)27(4)41(5)30(45)21-10-7-2/h7-8,13-15,19-20,27,29,31-35,44H,2-3,6,9-12,16-18,21-26H2,1,4-5H3/t27-,29?,31-,32+,33+,34-,35-,39+/m0/s1. The minimum Gasteiger partial charge on any atom is -0.455 e. The van der Waals surface area contributed by atoms with Crippen LogP contribution >= 0.6 is 15.9 Å². The fourth-order valence-electron chi connectivity index (χ4n) is 7.96. The molecule has 1 aromatic rings. The third-order valence-corrected chi connectivity index (χ3v) is 11.5. The smallest absolute Gasteiger partial charge is 0.313 e. The van der Waals surface area contributed by atoms with Gasteiger partial charge in [-0.1, -0.05) is 91.0 Å². The molecule has 1 N–H and O–H groups in total. The SMILES string of the molecule is C=CCCC(=O)N(C)[C@@H](C)[C@@H](OC(=O)[C@@H]1[C@H]2O[C@@]3(CC2Br)[C@H](C(=O)N(CC=C)CCCCC)N(CCCCCCO)C(=O)[C@@H]13)c1ccccc1. The molecular formula is C39H56BrN3O7. The quantitative estimate of drug-likeness (QED) is 0.0753. The Morgan fingerprint density at radius 3 is 2.50 bits per heavy atom. The number of allylic oxidation sites excluding steroid dienone is 1. The number of likely N-dealkylation sites (N-methyl/N-ethyl adjacent to an activating group) is 1. The molecule has 0 aliphatic carbocycles. The van der Waals surface area contributed by atoms with Gasteiger partial charge in [-0.25, -0.2) is 0 Å². The lowest BCUT2D eigenvalue weighted by Gasteiger charge is -2.37. The first kappa shape index (κ1) is 39.8. The van der Waals surface area contributed by atoms with E-state index in [2.05, 4.69) is 36.0 Å². The molecule has 0 aromatic heterocycles. The van der Waals surface area contributed by atoms with Gasteiger partial charge >= 0.3 is 5.97 Å². The molecule has 0 radical (unpaired) electrons. The maximum Gasteiger partial charge on any atom is 0.313 e. The number of rotatable bonds is 21. The fourth-order valence-corrected chi connectivity index (χ4v) is 8.91. The van der Waals surface area contributed by atoms with Gasteiger partial charge in [-0.3, -0.25) is 19.2 Å². The van der Waals surface area contributed by atoms with Crippen molar-refractivity contribution in [2.24, 2.45) is 11.8 Å². The van der Waals surface area contributed by atoms with E-state index in [0.29, 0.717) is 45.3 Å². The monoisotopic (exact) mass is 757 g/mol. The summed E-state index contributed by atoms with van der Waals surface area (Å²) in [6, 6.07) is 7.92. The third-order valence-electron chi connectivity index (χ3n) is 10.7. The summed E-state index contributed by atoms with van der Waals surface area (Å²) < 4.78 is 13.1. The highest BCUT2D eigenvalue weighted by atomic mass is 79.9. The van der Waals surface area contributed by atoms with Crippen LogP contribution in [-0.4, -0.2) is 105 Å². The molecule has 1 spiro atoms. The second-order valence-electron chi connectivity index (χ2n) is 14.0. The van der Waals surface area contributed by atoms with E-state index in [0.717, 1.165) is 37.7 Å². The lowest BCUT2D eigenvalue weighted by molar-refractivity contribution is -0.164. The zero-order valence-electron chi connectivity index (χ0n) is 30.0. The molecule has 1 aromatic carbocycles. The normalized spacial score (nSPS) is 26.3. The number of hydrogen-bond acceptors (Lipinski definition) is 7. The molecule has 8 atom stereocenters. The summed E-state index contributed by atoms with van der Waals surface area (Å²) in [6.07, 6.45) is 8.91. The van der Waals surface area contributed by atoms with E-state index in [1.807, 2.05) is 37.3 Å². The molecule has 2 bridgehead atoms. The van der Waals surface area contributed by atoms with Crippen LogP contribution in [0.15, 0.2) is 55.6 Å². The van der Waals surface area contributed by atoms with Gasteiger partial charge in [-0.05, 0) is 44.6 Å². The first-order valence-corrected chi connectivity index (χ1v) is 19.2. The van der Waals surface area contributed by atoms with E-state index in [-0.39, 0.29) is 35.6 Å². The Kier molecular flexibility index (Phi) is 14.7. The number of amides is 3. The Labute approximate surface area is 306 Å². The van der Waals surface area contributed by atoms with Crippen LogP contribution in [0, 0.1) is 11.8 Å². The highest BCUT2D eigenvalue weighted by Gasteiger charge is 2.77. The van der Waals surface area contributed by atoms with Crippen molar-refractivity contribution >= 4 is 39.6 Å². The number of halogens is 1. The molecular weight excluding hydrogens is 702 g/mol. The van der Waals surface area contributed by atoms with Crippen molar-refractivity contribution in [1.29, 1.82) is 0 Å². The predicted molar refractivity (Wildman–Crippen MR) is 196 cm³/mol. The molecule has 3 heterocycles. The molecule has 11 heteroatoms. The Morgan fingerprint density at radius 2 is 1.84 bits per heavy atom. The number of unbranched alkanes of at least 4 members (excludes halogenated alkanes) is 5. The van der Waals surface area contributed by atoms with E-state index >= 15 is 0 Å². The van der Waals surface area contributed by atoms with Crippen molar-refractivity contribution in [1.82, 2.24) is 14.7 Å². The Balaban J connectivity index is 1.68. The molecule has 3 fully saturated rings. The number of ether oxygens (including phenoxy) is 2. The van der Waals surface area contributed by atoms with Crippen LogP contribution in [0.25, 0.3) is 0 Å². The first-order valence-electron chi connectivity index (χ1n) is 18.3. The second kappa shape index (κ2) is 18.5. The summed E-state index contributed by atoms with van der Waals surface area (Å²) in [6.45, 7) is 12.9. The number of fused-ring (bicyclic) bond motifs is 1. The molecule has 3 aliphatic rings. The van der Waals surface area contributed by atoms with Crippen molar-refractivity contribution in [3.8, 4) is 0 Å². The molecule has 276 valence electrons. The largest absolute Gasteiger partial charge is 0.455 e. The number of esters is 1. The number of hydrogen-bond donors (Lipinski definition) is 1. The number of aliphatic hydroxyl groups excluding tert-OH is 1. The van der Waals surface area contributed by atoms with Gasteiger partial charge in [0.05, 0.1) is 24.0 Å². The van der Waals surface area contributed by atoms with Crippen molar-refractivity contribution in [3.63, 3.8) is 0 Å². The zero-order chi connectivity index (χ0) is 36.4. The molecule has 3 amide bonds. The molecule has 3 aliphatic heterocycles. The van der Waals surface area contributed by atoms with E-state index in [9.17, 15) is 24.3 Å². The average Bonchev–Trinajstić information content (AvgIpc) is 3.71. The molecule has 4 rings (SSSR count). The van der Waals surface area contributed by atoms with Gasteiger partial charge in [0.15, 0.2) is 0 Å². The van der Waals surface area contributed by atoms with Gasteiger partial charge in [-0.2, -0.15) is 0 Å². The molecule has 1 unspecified atom stereocenters. The summed E-state index contributed by atoms with van der Waals surface area (Å²) in [5, 5.41) is 9.27. The number of nitrogens with zero attached hydrogens (tertiary/aromatic N) is 3. The Morgan fingerprint density at radius 1 is 1.12 bits per heavy atom. The van der Waals surface area contributed by atoms with Crippen LogP contribution in [0.3, 0.4) is 0 Å². The summed E-state index contributed by atoms with van der Waals surface area (Å²) in [7, 11) is 1.70. The zero-order valence-corrected chi connectivity index (χ0v) is 31.6. The van der Waals surface area contributed by atoms with Crippen LogP contribution in [0.1, 0.15) is 89.7 Å². The van der Waals surface area contributed by atoms with E-state index in [4.69, 9.17) is 9.47 Å². The lowest BCUT2D eigenvalue weighted by atomic mass is 9.70. The van der Waals surface area contributed by atoms with E-state index in [1.165, 1.54) is 0 Å². The van der Waals surface area contributed by atoms with Crippen LogP contribution in [0.4, 0.5) is 0 Å².